The standard InChI is InChI=1S/C14H9F2N3O3S/c15-13(16)22-9-5-3-8(4-6-9)11(20)17-14-19-18-12(23-14)10-2-1-7-21-10/h1-7,13H,(H,17,19,20). The number of alkyl halides is 2. The number of furan rings is 1. The molecule has 0 aliphatic carbocycles. The fraction of sp³-hybridized carbons (Fsp3) is 0.0714. The van der Waals surface area contributed by atoms with E-state index in [4.69, 9.17) is 4.42 Å². The van der Waals surface area contributed by atoms with Crippen molar-refractivity contribution in [2.75, 3.05) is 5.32 Å². The summed E-state index contributed by atoms with van der Waals surface area (Å²) in [6, 6.07) is 8.78. The average molecular weight is 337 g/mol. The Balaban J connectivity index is 1.67. The number of aromatic nitrogens is 2. The van der Waals surface area contributed by atoms with Gasteiger partial charge in [-0.25, -0.2) is 0 Å². The van der Waals surface area contributed by atoms with Gasteiger partial charge in [0.15, 0.2) is 10.8 Å². The number of hydrogen-bond acceptors (Lipinski definition) is 6. The summed E-state index contributed by atoms with van der Waals surface area (Å²) in [4.78, 5) is 12.1. The van der Waals surface area contributed by atoms with Gasteiger partial charge in [0.05, 0.1) is 6.26 Å². The Hall–Kier alpha value is -2.81. The maximum absolute atomic E-state index is 12.1. The van der Waals surface area contributed by atoms with E-state index in [2.05, 4.69) is 20.3 Å². The predicted molar refractivity (Wildman–Crippen MR) is 78.6 cm³/mol. The van der Waals surface area contributed by atoms with Crippen LogP contribution in [0.25, 0.3) is 10.8 Å². The van der Waals surface area contributed by atoms with Gasteiger partial charge in [0, 0.05) is 5.56 Å². The van der Waals surface area contributed by atoms with Crippen LogP contribution >= 0.6 is 11.3 Å². The lowest BCUT2D eigenvalue weighted by atomic mass is 10.2. The zero-order valence-corrected chi connectivity index (χ0v) is 12.2. The number of nitrogens with one attached hydrogen (secondary N) is 1. The molecule has 0 saturated carbocycles. The predicted octanol–water partition coefficient (Wildman–Crippen LogP) is 3.65. The molecule has 23 heavy (non-hydrogen) atoms. The molecule has 0 spiro atoms. The Labute approximate surface area is 132 Å². The van der Waals surface area contributed by atoms with Crippen LogP contribution in [-0.4, -0.2) is 22.7 Å². The summed E-state index contributed by atoms with van der Waals surface area (Å²) in [6.07, 6.45) is 1.51. The molecule has 0 bridgehead atoms. The number of amides is 1. The van der Waals surface area contributed by atoms with Crippen molar-refractivity contribution >= 4 is 22.4 Å². The number of carbonyl (C=O) groups excluding carboxylic acids is 1. The Bertz CT molecular complexity index is 788. The lowest BCUT2D eigenvalue weighted by Crippen LogP contribution is -2.11. The normalized spacial score (nSPS) is 10.7. The summed E-state index contributed by atoms with van der Waals surface area (Å²) in [5.74, 6) is 0.0970. The van der Waals surface area contributed by atoms with Crippen LogP contribution in [0.15, 0.2) is 47.1 Å². The molecule has 3 rings (SSSR count). The number of carbonyl (C=O) groups is 1. The van der Waals surface area contributed by atoms with Crippen LogP contribution in [0.4, 0.5) is 13.9 Å². The summed E-state index contributed by atoms with van der Waals surface area (Å²) < 4.78 is 33.5. The second kappa shape index (κ2) is 6.53. The molecule has 1 amide bonds. The molecule has 1 N–H and O–H groups in total. The van der Waals surface area contributed by atoms with Crippen molar-refractivity contribution in [3.8, 4) is 16.5 Å². The van der Waals surface area contributed by atoms with E-state index in [1.54, 1.807) is 12.1 Å². The highest BCUT2D eigenvalue weighted by atomic mass is 32.1. The molecule has 0 unspecified atom stereocenters. The molecule has 0 fully saturated rings. The molecular formula is C14H9F2N3O3S. The summed E-state index contributed by atoms with van der Waals surface area (Å²) in [6.45, 7) is -2.91. The van der Waals surface area contributed by atoms with Crippen LogP contribution in [0.1, 0.15) is 10.4 Å². The highest BCUT2D eigenvalue weighted by molar-refractivity contribution is 7.18. The van der Waals surface area contributed by atoms with Crippen molar-refractivity contribution in [1.29, 1.82) is 0 Å². The van der Waals surface area contributed by atoms with E-state index in [1.807, 2.05) is 0 Å². The summed E-state index contributed by atoms with van der Waals surface area (Å²) in [5, 5.41) is 11.2. The number of hydrogen-bond donors (Lipinski definition) is 1. The Kier molecular flexibility index (Phi) is 4.29. The van der Waals surface area contributed by atoms with E-state index in [0.29, 0.717) is 15.9 Å². The fourth-order valence-corrected chi connectivity index (χ4v) is 2.44. The van der Waals surface area contributed by atoms with Gasteiger partial charge in [0.1, 0.15) is 5.75 Å². The molecule has 9 heteroatoms. The topological polar surface area (TPSA) is 77.3 Å². The van der Waals surface area contributed by atoms with Crippen LogP contribution in [-0.2, 0) is 0 Å². The first-order valence-electron chi connectivity index (χ1n) is 6.35. The molecule has 118 valence electrons. The van der Waals surface area contributed by atoms with E-state index in [-0.39, 0.29) is 11.3 Å². The number of ether oxygens (including phenoxy) is 1. The number of benzene rings is 1. The minimum Gasteiger partial charge on any atom is -0.462 e. The van der Waals surface area contributed by atoms with E-state index in [9.17, 15) is 13.6 Å². The lowest BCUT2D eigenvalue weighted by molar-refractivity contribution is -0.0498. The molecular weight excluding hydrogens is 328 g/mol. The molecule has 2 heterocycles. The van der Waals surface area contributed by atoms with Crippen LogP contribution in [0.3, 0.4) is 0 Å². The molecule has 0 aliphatic rings. The number of nitrogens with zero attached hydrogens (tertiary/aromatic N) is 2. The van der Waals surface area contributed by atoms with Crippen molar-refractivity contribution in [1.82, 2.24) is 10.2 Å². The van der Waals surface area contributed by atoms with Gasteiger partial charge in [-0.1, -0.05) is 11.3 Å². The Morgan fingerprint density at radius 2 is 2.00 bits per heavy atom. The van der Waals surface area contributed by atoms with Gasteiger partial charge in [0.25, 0.3) is 5.91 Å². The minimum absolute atomic E-state index is 0.0208. The van der Waals surface area contributed by atoms with Gasteiger partial charge in [0.2, 0.25) is 5.13 Å². The molecule has 3 aromatic rings. The van der Waals surface area contributed by atoms with Gasteiger partial charge in [-0.15, -0.1) is 10.2 Å². The molecule has 6 nitrogen and oxygen atoms in total. The molecule has 2 aromatic heterocycles. The average Bonchev–Trinajstić information content (AvgIpc) is 3.18. The summed E-state index contributed by atoms with van der Waals surface area (Å²) >= 11 is 1.15. The second-order valence-electron chi connectivity index (χ2n) is 4.25. The Morgan fingerprint density at radius 3 is 2.65 bits per heavy atom. The fourth-order valence-electron chi connectivity index (χ4n) is 1.73. The second-order valence-corrected chi connectivity index (χ2v) is 5.22. The third kappa shape index (κ3) is 3.69. The highest BCUT2D eigenvalue weighted by Gasteiger charge is 2.13. The summed E-state index contributed by atoms with van der Waals surface area (Å²) in [5.41, 5.74) is 0.279. The molecule has 0 saturated heterocycles. The van der Waals surface area contributed by atoms with Gasteiger partial charge in [-0.2, -0.15) is 8.78 Å². The van der Waals surface area contributed by atoms with Gasteiger partial charge in [-0.05, 0) is 36.4 Å². The third-order valence-electron chi connectivity index (χ3n) is 2.72. The van der Waals surface area contributed by atoms with E-state index >= 15 is 0 Å². The van der Waals surface area contributed by atoms with Crippen LogP contribution in [0, 0.1) is 0 Å². The first-order chi connectivity index (χ1) is 11.1. The maximum atomic E-state index is 12.1. The van der Waals surface area contributed by atoms with Gasteiger partial charge in [-0.3, -0.25) is 10.1 Å². The SMILES string of the molecule is O=C(Nc1nnc(-c2ccco2)s1)c1ccc(OC(F)F)cc1. The number of anilines is 1. The molecule has 1 aromatic carbocycles. The third-order valence-corrected chi connectivity index (χ3v) is 3.57. The first kappa shape index (κ1) is 15.1. The van der Waals surface area contributed by atoms with Crippen molar-refractivity contribution in [2.45, 2.75) is 6.61 Å². The zero-order valence-electron chi connectivity index (χ0n) is 11.4. The van der Waals surface area contributed by atoms with Crippen molar-refractivity contribution in [3.05, 3.63) is 48.2 Å². The van der Waals surface area contributed by atoms with E-state index < -0.39 is 12.5 Å². The van der Waals surface area contributed by atoms with E-state index in [1.165, 1.54) is 30.5 Å². The van der Waals surface area contributed by atoms with Crippen LogP contribution < -0.4 is 10.1 Å². The number of rotatable bonds is 5. The van der Waals surface area contributed by atoms with Crippen LogP contribution in [0.2, 0.25) is 0 Å². The number of halogens is 2. The van der Waals surface area contributed by atoms with Crippen molar-refractivity contribution in [2.24, 2.45) is 0 Å². The minimum atomic E-state index is -2.91. The van der Waals surface area contributed by atoms with Crippen LogP contribution in [0.5, 0.6) is 5.75 Å². The monoisotopic (exact) mass is 337 g/mol. The largest absolute Gasteiger partial charge is 0.462 e. The quantitative estimate of drug-likeness (QED) is 0.769. The first-order valence-corrected chi connectivity index (χ1v) is 7.17. The molecule has 0 aliphatic heterocycles. The summed E-state index contributed by atoms with van der Waals surface area (Å²) in [7, 11) is 0. The van der Waals surface area contributed by atoms with Gasteiger partial charge < -0.3 is 9.15 Å². The highest BCUT2D eigenvalue weighted by Crippen LogP contribution is 2.26. The molecule has 0 atom stereocenters. The molecule has 0 radical (unpaired) electrons. The smallest absolute Gasteiger partial charge is 0.387 e. The Morgan fingerprint density at radius 1 is 1.22 bits per heavy atom. The van der Waals surface area contributed by atoms with E-state index in [0.717, 1.165) is 11.3 Å². The van der Waals surface area contributed by atoms with Crippen molar-refractivity contribution < 1.29 is 22.7 Å². The van der Waals surface area contributed by atoms with Crippen molar-refractivity contribution in [3.63, 3.8) is 0 Å². The zero-order chi connectivity index (χ0) is 16.2. The maximum Gasteiger partial charge on any atom is 0.387 e. The van der Waals surface area contributed by atoms with Gasteiger partial charge >= 0.3 is 6.61 Å². The lowest BCUT2D eigenvalue weighted by Gasteiger charge is -2.05.